The Kier molecular flexibility index (Phi) is 9.47. The molecule has 2 amide bonds. The highest BCUT2D eigenvalue weighted by Gasteiger charge is 2.29. The van der Waals surface area contributed by atoms with Crippen molar-refractivity contribution in [1.29, 1.82) is 0 Å². The van der Waals surface area contributed by atoms with E-state index in [2.05, 4.69) is 21.9 Å². The van der Waals surface area contributed by atoms with Gasteiger partial charge in [0.25, 0.3) is 0 Å². The first-order chi connectivity index (χ1) is 23.0. The molecule has 3 aromatic carbocycles. The van der Waals surface area contributed by atoms with Gasteiger partial charge in [-0.1, -0.05) is 55.1 Å². The van der Waals surface area contributed by atoms with E-state index in [1.807, 2.05) is 72.8 Å². The molecule has 0 aliphatic carbocycles. The zero-order valence-electron chi connectivity index (χ0n) is 25.5. The normalized spacial score (nSPS) is 14.3. The smallest absolute Gasteiger partial charge is 0.415 e. The highest BCUT2D eigenvalue weighted by molar-refractivity contribution is 6.03. The van der Waals surface area contributed by atoms with Crippen molar-refractivity contribution in [2.75, 3.05) is 25.2 Å². The van der Waals surface area contributed by atoms with Crippen LogP contribution >= 0.6 is 0 Å². The van der Waals surface area contributed by atoms with Crippen LogP contribution < -0.4 is 10.1 Å². The Balaban J connectivity index is 1.25. The summed E-state index contributed by atoms with van der Waals surface area (Å²) in [5.41, 5.74) is 2.50. The SMILES string of the molecule is C=CC(=O)N1CCC[C@@H](n2nc(-c3ccc(Oc4ccccc4)cc3)c3c(NC(=O)OCOC(=O)Cc4ccccc4)ncnc32)C1. The molecule has 3 heterocycles. The van der Waals surface area contributed by atoms with E-state index < -0.39 is 18.9 Å². The number of nitrogens with zero attached hydrogens (tertiary/aromatic N) is 5. The highest BCUT2D eigenvalue weighted by Crippen LogP contribution is 2.36. The molecule has 0 saturated carbocycles. The van der Waals surface area contributed by atoms with Crippen LogP contribution in [0.1, 0.15) is 24.4 Å². The number of esters is 1. The van der Waals surface area contributed by atoms with Gasteiger partial charge in [0.1, 0.15) is 23.5 Å². The molecule has 1 aliphatic rings. The maximum atomic E-state index is 12.8. The standard InChI is InChI=1S/C35H32N6O6/c1-2-29(42)40-19-9-12-26(21-40)41-34-31(32(39-41)25-15-17-28(18-16-25)47-27-13-7-4-8-14-27)33(36-22-37-34)38-35(44)46-23-45-30(43)20-24-10-5-3-6-11-24/h2-8,10-11,13-18,22,26H,1,9,12,19-21,23H2,(H,36,37,38,44)/t26-/m1/s1. The minimum atomic E-state index is -0.872. The van der Waals surface area contributed by atoms with Gasteiger partial charge in [0.05, 0.1) is 17.8 Å². The van der Waals surface area contributed by atoms with E-state index in [1.165, 1.54) is 12.4 Å². The van der Waals surface area contributed by atoms with Gasteiger partial charge in [-0.15, -0.1) is 0 Å². The molecule has 5 aromatic rings. The lowest BCUT2D eigenvalue weighted by Gasteiger charge is -2.32. The molecule has 238 valence electrons. The van der Waals surface area contributed by atoms with Crippen molar-refractivity contribution in [3.63, 3.8) is 0 Å². The number of amides is 2. The molecular formula is C35H32N6O6. The van der Waals surface area contributed by atoms with Crippen LogP contribution in [-0.2, 0) is 25.5 Å². The van der Waals surface area contributed by atoms with Crippen LogP contribution in [0.25, 0.3) is 22.3 Å². The number of nitrogens with one attached hydrogen (secondary N) is 1. The quantitative estimate of drug-likeness (QED) is 0.113. The van der Waals surface area contributed by atoms with Gasteiger partial charge in [-0.2, -0.15) is 5.10 Å². The summed E-state index contributed by atoms with van der Waals surface area (Å²) in [6.07, 6.45) is 3.35. The minimum Gasteiger partial charge on any atom is -0.457 e. The van der Waals surface area contributed by atoms with Gasteiger partial charge >= 0.3 is 12.1 Å². The van der Waals surface area contributed by atoms with Gasteiger partial charge in [-0.3, -0.25) is 14.9 Å². The zero-order valence-corrected chi connectivity index (χ0v) is 25.5. The summed E-state index contributed by atoms with van der Waals surface area (Å²) in [6, 6.07) is 25.7. The average Bonchev–Trinajstić information content (AvgIpc) is 3.50. The molecule has 6 rings (SSSR count). The van der Waals surface area contributed by atoms with Gasteiger partial charge < -0.3 is 19.1 Å². The molecule has 1 atom stereocenters. The summed E-state index contributed by atoms with van der Waals surface area (Å²) >= 11 is 0. The highest BCUT2D eigenvalue weighted by atomic mass is 16.7. The number of carbonyl (C=O) groups is 3. The average molecular weight is 633 g/mol. The van der Waals surface area contributed by atoms with Crippen LogP contribution in [0.15, 0.2) is 104 Å². The first-order valence-electron chi connectivity index (χ1n) is 15.1. The predicted molar refractivity (Wildman–Crippen MR) is 174 cm³/mol. The molecule has 0 unspecified atom stereocenters. The summed E-state index contributed by atoms with van der Waals surface area (Å²) in [6.45, 7) is 4.10. The molecule has 0 radical (unpaired) electrons. The van der Waals surface area contributed by atoms with E-state index in [9.17, 15) is 14.4 Å². The van der Waals surface area contributed by atoms with Gasteiger partial charge in [0.15, 0.2) is 11.5 Å². The fourth-order valence-electron chi connectivity index (χ4n) is 5.41. The number of hydrogen-bond donors (Lipinski definition) is 1. The number of likely N-dealkylation sites (tertiary alicyclic amines) is 1. The number of aromatic nitrogens is 4. The Morgan fingerprint density at radius 1 is 0.915 bits per heavy atom. The number of anilines is 1. The summed E-state index contributed by atoms with van der Waals surface area (Å²) in [4.78, 5) is 48.1. The monoisotopic (exact) mass is 632 g/mol. The number of fused-ring (bicyclic) bond motifs is 1. The molecule has 47 heavy (non-hydrogen) atoms. The molecule has 1 saturated heterocycles. The van der Waals surface area contributed by atoms with Gasteiger partial charge in [0, 0.05) is 18.7 Å². The van der Waals surface area contributed by atoms with Crippen molar-refractivity contribution >= 4 is 34.8 Å². The van der Waals surface area contributed by atoms with E-state index in [-0.39, 0.29) is 24.2 Å². The van der Waals surface area contributed by atoms with Crippen LogP contribution in [0.2, 0.25) is 0 Å². The molecule has 12 heteroatoms. The second kappa shape index (κ2) is 14.4. The molecular weight excluding hydrogens is 600 g/mol. The molecule has 1 fully saturated rings. The Morgan fingerprint density at radius 3 is 2.38 bits per heavy atom. The fraction of sp³-hybridized carbons (Fsp3) is 0.200. The number of benzene rings is 3. The minimum absolute atomic E-state index is 0.0487. The van der Waals surface area contributed by atoms with Gasteiger partial charge in [0.2, 0.25) is 12.7 Å². The Morgan fingerprint density at radius 2 is 1.64 bits per heavy atom. The van der Waals surface area contributed by atoms with Gasteiger partial charge in [-0.25, -0.2) is 19.4 Å². The van der Waals surface area contributed by atoms with Crippen LogP contribution in [0.3, 0.4) is 0 Å². The zero-order chi connectivity index (χ0) is 32.6. The lowest BCUT2D eigenvalue weighted by atomic mass is 10.1. The number of hydrogen-bond acceptors (Lipinski definition) is 9. The van der Waals surface area contributed by atoms with E-state index in [0.717, 1.165) is 24.0 Å². The number of carbonyl (C=O) groups excluding carboxylic acids is 3. The Hall–Kier alpha value is -6.04. The Bertz CT molecular complexity index is 1880. The van der Waals surface area contributed by atoms with E-state index in [0.29, 0.717) is 41.3 Å². The summed E-state index contributed by atoms with van der Waals surface area (Å²) in [5, 5.41) is 8.09. The molecule has 1 aliphatic heterocycles. The largest absolute Gasteiger partial charge is 0.457 e. The summed E-state index contributed by atoms with van der Waals surface area (Å²) in [5.74, 6) is 0.818. The number of rotatable bonds is 10. The molecule has 1 N–H and O–H groups in total. The molecule has 0 bridgehead atoms. The lowest BCUT2D eigenvalue weighted by Crippen LogP contribution is -2.40. The van der Waals surface area contributed by atoms with Crippen LogP contribution in [0, 0.1) is 0 Å². The van der Waals surface area contributed by atoms with Crippen molar-refractivity contribution in [2.45, 2.75) is 25.3 Å². The molecule has 0 spiro atoms. The molecule has 12 nitrogen and oxygen atoms in total. The van der Waals surface area contributed by atoms with Gasteiger partial charge in [-0.05, 0) is 60.9 Å². The third-order valence-corrected chi connectivity index (χ3v) is 7.65. The maximum absolute atomic E-state index is 12.8. The number of para-hydroxylation sites is 1. The van der Waals surface area contributed by atoms with E-state index in [4.69, 9.17) is 19.3 Å². The topological polar surface area (TPSA) is 138 Å². The maximum Gasteiger partial charge on any atom is 0.415 e. The van der Waals surface area contributed by atoms with E-state index >= 15 is 0 Å². The lowest BCUT2D eigenvalue weighted by molar-refractivity contribution is -0.150. The summed E-state index contributed by atoms with van der Waals surface area (Å²) < 4.78 is 18.0. The second-order valence-electron chi connectivity index (χ2n) is 10.8. The molecule has 2 aromatic heterocycles. The van der Waals surface area contributed by atoms with Crippen molar-refractivity contribution in [3.05, 3.63) is 109 Å². The summed E-state index contributed by atoms with van der Waals surface area (Å²) in [7, 11) is 0. The first kappa shape index (κ1) is 31.0. The van der Waals surface area contributed by atoms with Crippen LogP contribution in [-0.4, -0.2) is 62.5 Å². The van der Waals surface area contributed by atoms with E-state index in [1.54, 1.807) is 21.7 Å². The van der Waals surface area contributed by atoms with Crippen LogP contribution in [0.4, 0.5) is 10.6 Å². The second-order valence-corrected chi connectivity index (χ2v) is 10.8. The number of ether oxygens (including phenoxy) is 3. The predicted octanol–water partition coefficient (Wildman–Crippen LogP) is 5.93. The first-order valence-corrected chi connectivity index (χ1v) is 15.1. The van der Waals surface area contributed by atoms with Crippen molar-refractivity contribution < 1.29 is 28.6 Å². The Labute approximate surface area is 270 Å². The van der Waals surface area contributed by atoms with Crippen molar-refractivity contribution in [3.8, 4) is 22.8 Å². The van der Waals surface area contributed by atoms with Crippen LogP contribution in [0.5, 0.6) is 11.5 Å². The van der Waals surface area contributed by atoms with Crippen molar-refractivity contribution in [2.24, 2.45) is 0 Å². The third-order valence-electron chi connectivity index (χ3n) is 7.65. The third kappa shape index (κ3) is 7.44. The number of piperidine rings is 1. The van der Waals surface area contributed by atoms with Crippen molar-refractivity contribution in [1.82, 2.24) is 24.6 Å². The fourth-order valence-corrected chi connectivity index (χ4v) is 5.41.